The van der Waals surface area contributed by atoms with E-state index in [0.717, 1.165) is 103 Å². The van der Waals surface area contributed by atoms with E-state index < -0.39 is 11.2 Å². The molecule has 7 heterocycles. The average Bonchev–Trinajstić information content (AvgIpc) is 3.83. The van der Waals surface area contributed by atoms with Gasteiger partial charge in [0.1, 0.15) is 17.8 Å². The smallest absolute Gasteiger partial charge is 0.410 e. The van der Waals surface area contributed by atoms with Gasteiger partial charge in [0, 0.05) is 76.5 Å². The van der Waals surface area contributed by atoms with Crippen LogP contribution >= 0.6 is 22.7 Å². The van der Waals surface area contributed by atoms with Crippen LogP contribution in [0.25, 0.3) is 0 Å². The summed E-state index contributed by atoms with van der Waals surface area (Å²) in [5.74, 6) is 2.54. The Morgan fingerprint density at radius 1 is 0.739 bits per heavy atom. The van der Waals surface area contributed by atoms with Gasteiger partial charge < -0.3 is 34.2 Å². The molecular weight excluding hydrogens is 907 g/mol. The first-order valence-electron chi connectivity index (χ1n) is 25.0. The summed E-state index contributed by atoms with van der Waals surface area (Å²) in [5, 5.41) is 2.96. The number of carbonyl (C=O) groups excluding carboxylic acids is 4. The van der Waals surface area contributed by atoms with Gasteiger partial charge in [0.15, 0.2) is 0 Å². The van der Waals surface area contributed by atoms with Crippen LogP contribution in [0.15, 0.2) is 36.4 Å². The molecule has 12 nitrogen and oxygen atoms in total. The Balaban J connectivity index is 0.000000231. The normalized spacial score (nSPS) is 17.8. The predicted molar refractivity (Wildman–Crippen MR) is 275 cm³/mol. The molecule has 0 bridgehead atoms. The lowest BCUT2D eigenvalue weighted by atomic mass is 9.83. The van der Waals surface area contributed by atoms with Gasteiger partial charge in [-0.25, -0.2) is 14.6 Å². The van der Waals surface area contributed by atoms with Crippen molar-refractivity contribution in [2.75, 3.05) is 39.3 Å². The highest BCUT2D eigenvalue weighted by Gasteiger charge is 2.37. The number of piperidine rings is 2. The van der Waals surface area contributed by atoms with Crippen molar-refractivity contribution in [2.45, 2.75) is 158 Å². The number of amides is 4. The molecule has 0 radical (unpaired) electrons. The first-order valence-corrected chi connectivity index (χ1v) is 26.6. The Bertz CT molecular complexity index is 2490. The zero-order valence-corrected chi connectivity index (χ0v) is 44.8. The zero-order chi connectivity index (χ0) is 49.9. The highest BCUT2D eigenvalue weighted by Crippen LogP contribution is 2.44. The molecule has 1 aromatic carbocycles. The molecule has 0 saturated carbocycles. The summed E-state index contributed by atoms with van der Waals surface area (Å²) < 4.78 is 17.3. The quantitative estimate of drug-likeness (QED) is 0.175. The fourth-order valence-corrected chi connectivity index (χ4v) is 13.2. The summed E-state index contributed by atoms with van der Waals surface area (Å²) in [5.41, 5.74) is 7.18. The standard InChI is InChI=1S/C35H45N3O4S.C20H30N2O3S/c1-22-19-23(2)36-32(41-21-26-11-9-8-10-12-26)28(22)20-38-18-15-29-30(33(38)39)25(4)31(43-29)24(3)27-13-16-37(17-14-27)34(40)42-35(5,6)7;1-12(17-13(2)16-15(26-17)6-9-21-18(16)23)14-7-10-22(11-8-14)19(24)25-20(3,4)5/h8-12,19,24,27H,13-18,20-21H2,1-7H3;12,14H,6-11H2,1-5H3,(H,21,23)/t24-;12-/m11/s1. The number of nitrogens with one attached hydrogen (secondary N) is 1. The van der Waals surface area contributed by atoms with Crippen molar-refractivity contribution in [1.29, 1.82) is 0 Å². The van der Waals surface area contributed by atoms with Crippen LogP contribution in [0.1, 0.15) is 167 Å². The van der Waals surface area contributed by atoms with E-state index in [1.807, 2.05) is 116 Å². The minimum absolute atomic E-state index is 0.0817. The number of aryl methyl sites for hydroxylation is 2. The van der Waals surface area contributed by atoms with Crippen molar-refractivity contribution in [1.82, 2.24) is 25.0 Å². The van der Waals surface area contributed by atoms with Crippen molar-refractivity contribution in [3.63, 3.8) is 0 Å². The second-order valence-electron chi connectivity index (χ2n) is 21.6. The summed E-state index contributed by atoms with van der Waals surface area (Å²) in [6.45, 7) is 29.5. The number of hydrogen-bond donors (Lipinski definition) is 1. The SMILES string of the molecule is Cc1c([C@H](C)C2CCN(C(=O)OC(C)(C)C)CC2)sc2c1C(=O)NCC2.Cc1cc(C)c(CN2CCc3sc([C@H](C)C4CCN(C(=O)OC(C)(C)C)CC4)c(C)c3C2=O)c(OCc2ccccc2)n1. The Labute approximate surface area is 418 Å². The minimum Gasteiger partial charge on any atom is -0.473 e. The lowest BCUT2D eigenvalue weighted by molar-refractivity contribution is 0.0166. The van der Waals surface area contributed by atoms with Crippen LogP contribution in [-0.4, -0.2) is 94.2 Å². The fraction of sp³-hybridized carbons (Fsp3) is 0.582. The average molecular weight is 982 g/mol. The third kappa shape index (κ3) is 12.5. The van der Waals surface area contributed by atoms with Crippen LogP contribution in [0.3, 0.4) is 0 Å². The molecule has 2 fully saturated rings. The zero-order valence-electron chi connectivity index (χ0n) is 43.1. The van der Waals surface area contributed by atoms with Crippen molar-refractivity contribution >= 4 is 46.7 Å². The number of nitrogens with zero attached hydrogens (tertiary/aromatic N) is 4. The first-order chi connectivity index (χ1) is 32.6. The lowest BCUT2D eigenvalue weighted by Gasteiger charge is -2.35. The van der Waals surface area contributed by atoms with Gasteiger partial charge in [0.25, 0.3) is 11.8 Å². The van der Waals surface area contributed by atoms with Crippen molar-refractivity contribution in [3.05, 3.63) is 101 Å². The van der Waals surface area contributed by atoms with Gasteiger partial charge in [-0.1, -0.05) is 44.2 Å². The number of ether oxygens (including phenoxy) is 3. The summed E-state index contributed by atoms with van der Waals surface area (Å²) in [4.78, 5) is 66.4. The van der Waals surface area contributed by atoms with Crippen LogP contribution in [0.2, 0.25) is 0 Å². The number of aromatic nitrogens is 1. The molecule has 69 heavy (non-hydrogen) atoms. The number of hydrogen-bond acceptors (Lipinski definition) is 10. The maximum absolute atomic E-state index is 14.0. The van der Waals surface area contributed by atoms with Crippen LogP contribution in [0, 0.1) is 39.5 Å². The number of fused-ring (bicyclic) bond motifs is 2. The van der Waals surface area contributed by atoms with E-state index in [0.29, 0.717) is 62.3 Å². The van der Waals surface area contributed by atoms with Gasteiger partial charge in [-0.15, -0.1) is 22.7 Å². The monoisotopic (exact) mass is 982 g/mol. The highest BCUT2D eigenvalue weighted by molar-refractivity contribution is 7.13. The van der Waals surface area contributed by atoms with E-state index >= 15 is 0 Å². The molecule has 374 valence electrons. The van der Waals surface area contributed by atoms with Crippen LogP contribution in [-0.2, 0) is 35.5 Å². The Kier molecular flexibility index (Phi) is 16.2. The minimum atomic E-state index is -0.486. The van der Waals surface area contributed by atoms with E-state index in [1.54, 1.807) is 0 Å². The summed E-state index contributed by atoms with van der Waals surface area (Å²) in [6, 6.07) is 12.1. The molecule has 0 aliphatic carbocycles. The number of rotatable bonds is 9. The van der Waals surface area contributed by atoms with Crippen molar-refractivity contribution in [2.24, 2.45) is 11.8 Å². The molecule has 0 spiro atoms. The number of carbonyl (C=O) groups is 4. The topological polar surface area (TPSA) is 131 Å². The third-order valence-corrected chi connectivity index (χ3v) is 17.2. The van der Waals surface area contributed by atoms with Crippen molar-refractivity contribution < 1.29 is 33.4 Å². The van der Waals surface area contributed by atoms with Gasteiger partial charge in [-0.3, -0.25) is 9.59 Å². The summed E-state index contributed by atoms with van der Waals surface area (Å²) >= 11 is 3.63. The second kappa shape index (κ2) is 21.6. The molecule has 4 amide bonds. The van der Waals surface area contributed by atoms with Gasteiger partial charge >= 0.3 is 12.2 Å². The van der Waals surface area contributed by atoms with Crippen LogP contribution < -0.4 is 10.1 Å². The number of pyridine rings is 1. The van der Waals surface area contributed by atoms with Crippen LogP contribution in [0.4, 0.5) is 9.59 Å². The van der Waals surface area contributed by atoms with Gasteiger partial charge in [-0.2, -0.15) is 0 Å². The summed E-state index contributed by atoms with van der Waals surface area (Å²) in [6.07, 6.45) is 5.21. The van der Waals surface area contributed by atoms with Gasteiger partial charge in [0.05, 0.1) is 17.7 Å². The maximum atomic E-state index is 14.0. The Morgan fingerprint density at radius 3 is 1.75 bits per heavy atom. The van der Waals surface area contributed by atoms with Crippen LogP contribution in [0.5, 0.6) is 5.88 Å². The molecule has 4 aromatic rings. The molecule has 8 rings (SSSR count). The second-order valence-corrected chi connectivity index (χ2v) is 23.9. The molecule has 0 unspecified atom stereocenters. The first kappa shape index (κ1) is 51.9. The molecule has 4 aliphatic rings. The van der Waals surface area contributed by atoms with Gasteiger partial charge in [0.2, 0.25) is 5.88 Å². The van der Waals surface area contributed by atoms with Gasteiger partial charge in [-0.05, 0) is 153 Å². The Morgan fingerprint density at radius 2 is 1.25 bits per heavy atom. The Hall–Kier alpha value is -4.95. The molecule has 2 saturated heterocycles. The van der Waals surface area contributed by atoms with E-state index in [4.69, 9.17) is 19.2 Å². The third-order valence-electron chi connectivity index (χ3n) is 14.1. The molecule has 2 atom stereocenters. The predicted octanol–water partition coefficient (Wildman–Crippen LogP) is 11.7. The molecule has 1 N–H and O–H groups in total. The lowest BCUT2D eigenvalue weighted by Crippen LogP contribution is -2.42. The van der Waals surface area contributed by atoms with E-state index in [2.05, 4.69) is 46.0 Å². The largest absolute Gasteiger partial charge is 0.473 e. The van der Waals surface area contributed by atoms with E-state index in [1.165, 1.54) is 19.5 Å². The number of benzene rings is 1. The molecular formula is C55H75N5O7S2. The molecule has 14 heteroatoms. The molecule has 4 aliphatic heterocycles. The van der Waals surface area contributed by atoms with E-state index in [9.17, 15) is 19.2 Å². The molecule has 3 aromatic heterocycles. The maximum Gasteiger partial charge on any atom is 0.410 e. The van der Waals surface area contributed by atoms with E-state index in [-0.39, 0.29) is 24.0 Å². The fourth-order valence-electron chi connectivity index (χ4n) is 10.3. The number of thiophene rings is 2. The summed E-state index contributed by atoms with van der Waals surface area (Å²) in [7, 11) is 0. The highest BCUT2D eigenvalue weighted by atomic mass is 32.1. The van der Waals surface area contributed by atoms with Crippen molar-refractivity contribution in [3.8, 4) is 5.88 Å². The number of likely N-dealkylation sites (tertiary alicyclic amines) is 2.